The summed E-state index contributed by atoms with van der Waals surface area (Å²) in [7, 11) is -1.59. The predicted molar refractivity (Wildman–Crippen MR) is 144 cm³/mol. The molecule has 4 rings (SSSR count). The Hall–Kier alpha value is -2.22. The van der Waals surface area contributed by atoms with Crippen LogP contribution in [0, 0.1) is 0 Å². The highest BCUT2D eigenvalue weighted by Gasteiger charge is 2.40. The maximum Gasteiger partial charge on any atom is 0.334 e. The van der Waals surface area contributed by atoms with E-state index in [1.807, 2.05) is 54.6 Å². The first-order valence-corrected chi connectivity index (χ1v) is 15.8. The summed E-state index contributed by atoms with van der Waals surface area (Å²) in [6.07, 6.45) is 0.291. The molecule has 0 spiro atoms. The van der Waals surface area contributed by atoms with Gasteiger partial charge in [0, 0.05) is 12.0 Å². The van der Waals surface area contributed by atoms with E-state index in [2.05, 4.69) is 78.6 Å². The van der Waals surface area contributed by atoms with Gasteiger partial charge in [-0.15, -0.1) is 0 Å². The Morgan fingerprint density at radius 2 is 1.30 bits per heavy atom. The van der Waals surface area contributed by atoms with Crippen LogP contribution in [0.25, 0.3) is 0 Å². The summed E-state index contributed by atoms with van der Waals surface area (Å²) in [5.41, 5.74) is 3.14. The maximum atomic E-state index is 12.7. The number of carbonyl (C=O) groups excluding carboxylic acids is 1. The summed E-state index contributed by atoms with van der Waals surface area (Å²) in [5, 5.41) is 0. The number of hydrogen-bond acceptors (Lipinski definition) is 3. The van der Waals surface area contributed by atoms with Crippen LogP contribution in [0.3, 0.4) is 0 Å². The summed E-state index contributed by atoms with van der Waals surface area (Å²) >= 11 is 2.35. The number of rotatable bonds is 7. The number of benzene rings is 3. The highest BCUT2D eigenvalue weighted by atomic mass is 127. The topological polar surface area (TPSA) is 35.5 Å². The van der Waals surface area contributed by atoms with Gasteiger partial charge >= 0.3 is 5.97 Å². The van der Waals surface area contributed by atoms with E-state index in [1.165, 1.54) is 3.20 Å². The highest BCUT2D eigenvalue weighted by molar-refractivity contribution is 14.1. The zero-order valence-corrected chi connectivity index (χ0v) is 22.4. The molecule has 0 N–H and O–H groups in total. The standard InChI is InChI=1S/C28H29IO3Si/c1-33(2,3)26(29)25-19-24(32-27(25)30)20-31-28(21-13-7-4-8-14-21,22-15-9-5-10-16-22)23-17-11-6-12-18-23/h4-18,24H,19-20H2,1-3H3/b26-25+/t24-/m0/s1. The van der Waals surface area contributed by atoms with Crippen LogP contribution in [0.1, 0.15) is 23.1 Å². The summed E-state index contributed by atoms with van der Waals surface area (Å²) in [5.74, 6) is -0.194. The molecule has 33 heavy (non-hydrogen) atoms. The van der Waals surface area contributed by atoms with Crippen LogP contribution >= 0.6 is 22.6 Å². The summed E-state index contributed by atoms with van der Waals surface area (Å²) in [6, 6.07) is 30.8. The first-order valence-electron chi connectivity index (χ1n) is 11.2. The van der Waals surface area contributed by atoms with Gasteiger partial charge in [-0.05, 0) is 19.9 Å². The lowest BCUT2D eigenvalue weighted by Gasteiger charge is -2.36. The molecule has 1 aliphatic rings. The van der Waals surface area contributed by atoms with E-state index in [0.717, 1.165) is 22.3 Å². The number of carbonyl (C=O) groups is 1. The molecule has 3 aromatic rings. The zero-order chi connectivity index (χ0) is 23.5. The lowest BCUT2D eigenvalue weighted by Crippen LogP contribution is -2.35. The fourth-order valence-corrected chi connectivity index (χ4v) is 5.84. The van der Waals surface area contributed by atoms with E-state index in [0.29, 0.717) is 13.0 Å². The largest absolute Gasteiger partial charge is 0.456 e. The van der Waals surface area contributed by atoms with Crippen molar-refractivity contribution in [2.45, 2.75) is 37.8 Å². The van der Waals surface area contributed by atoms with E-state index in [1.54, 1.807) is 0 Å². The molecule has 3 aromatic carbocycles. The lowest BCUT2D eigenvalue weighted by molar-refractivity contribution is -0.143. The number of cyclic esters (lactones) is 1. The van der Waals surface area contributed by atoms with Crippen LogP contribution in [0.2, 0.25) is 19.6 Å². The summed E-state index contributed by atoms with van der Waals surface area (Å²) in [4.78, 5) is 12.7. The van der Waals surface area contributed by atoms with Crippen molar-refractivity contribution in [3.05, 3.63) is 116 Å². The average Bonchev–Trinajstić information content (AvgIpc) is 3.20. The van der Waals surface area contributed by atoms with Crippen LogP contribution in [-0.2, 0) is 19.9 Å². The number of ether oxygens (including phenoxy) is 2. The molecule has 5 heteroatoms. The van der Waals surface area contributed by atoms with Crippen molar-refractivity contribution in [3.63, 3.8) is 0 Å². The van der Waals surface area contributed by atoms with Gasteiger partial charge in [-0.1, -0.05) is 133 Å². The maximum absolute atomic E-state index is 12.7. The van der Waals surface area contributed by atoms with E-state index >= 15 is 0 Å². The van der Waals surface area contributed by atoms with Crippen LogP contribution in [0.4, 0.5) is 0 Å². The van der Waals surface area contributed by atoms with E-state index in [-0.39, 0.29) is 12.1 Å². The molecule has 0 aromatic heterocycles. The molecule has 1 saturated heterocycles. The summed E-state index contributed by atoms with van der Waals surface area (Å²) < 4.78 is 13.8. The Labute approximate surface area is 211 Å². The molecule has 0 radical (unpaired) electrons. The highest BCUT2D eigenvalue weighted by Crippen LogP contribution is 2.41. The summed E-state index contributed by atoms with van der Waals surface area (Å²) in [6.45, 7) is 7.07. The van der Waals surface area contributed by atoms with Gasteiger partial charge in [0.25, 0.3) is 0 Å². The van der Waals surface area contributed by atoms with Gasteiger partial charge in [0.15, 0.2) is 0 Å². The Bertz CT molecular complexity index is 1030. The van der Waals surface area contributed by atoms with Gasteiger partial charge < -0.3 is 9.47 Å². The minimum absolute atomic E-state index is 0.194. The van der Waals surface area contributed by atoms with Crippen molar-refractivity contribution in [2.24, 2.45) is 0 Å². The van der Waals surface area contributed by atoms with Crippen LogP contribution in [0.5, 0.6) is 0 Å². The lowest BCUT2D eigenvalue weighted by atomic mass is 9.80. The van der Waals surface area contributed by atoms with E-state index < -0.39 is 13.7 Å². The Kier molecular flexibility index (Phi) is 7.21. The molecule has 1 heterocycles. The molecule has 0 bridgehead atoms. The van der Waals surface area contributed by atoms with Crippen molar-refractivity contribution >= 4 is 36.6 Å². The second kappa shape index (κ2) is 9.95. The molecule has 0 amide bonds. The molecule has 3 nitrogen and oxygen atoms in total. The van der Waals surface area contributed by atoms with Crippen molar-refractivity contribution in [3.8, 4) is 0 Å². The molecule has 170 valence electrons. The van der Waals surface area contributed by atoms with Crippen LogP contribution in [-0.4, -0.2) is 26.8 Å². The zero-order valence-electron chi connectivity index (χ0n) is 19.3. The average molecular weight is 569 g/mol. The Balaban J connectivity index is 1.74. The third kappa shape index (κ3) is 5.00. The SMILES string of the molecule is C[Si](C)(C)/C(I)=C1\C[C@@H](COC(c2ccccc2)(c2ccccc2)c2ccccc2)OC1=O. The molecule has 1 atom stereocenters. The normalized spacial score (nSPS) is 18.2. The fourth-order valence-electron chi connectivity index (χ4n) is 4.29. The molecule has 0 saturated carbocycles. The van der Waals surface area contributed by atoms with Crippen LogP contribution < -0.4 is 0 Å². The minimum atomic E-state index is -1.59. The number of halogens is 1. The second-order valence-corrected chi connectivity index (χ2v) is 16.5. The van der Waals surface area contributed by atoms with Crippen molar-refractivity contribution < 1.29 is 14.3 Å². The third-order valence-electron chi connectivity index (χ3n) is 5.90. The monoisotopic (exact) mass is 568 g/mol. The molecule has 1 fully saturated rings. The first kappa shape index (κ1) is 23.9. The number of hydrogen-bond donors (Lipinski definition) is 0. The van der Waals surface area contributed by atoms with Crippen molar-refractivity contribution in [1.82, 2.24) is 0 Å². The van der Waals surface area contributed by atoms with Gasteiger partial charge in [-0.3, -0.25) is 0 Å². The quantitative estimate of drug-likeness (QED) is 0.103. The predicted octanol–water partition coefficient (Wildman–Crippen LogP) is 6.88. The fraction of sp³-hybridized carbons (Fsp3) is 0.250. The molecule has 0 aliphatic carbocycles. The molecule has 1 aliphatic heterocycles. The number of esters is 1. The van der Waals surface area contributed by atoms with E-state index in [9.17, 15) is 4.79 Å². The Morgan fingerprint density at radius 3 is 1.70 bits per heavy atom. The van der Waals surface area contributed by atoms with Crippen molar-refractivity contribution in [1.29, 1.82) is 0 Å². The van der Waals surface area contributed by atoms with Gasteiger partial charge in [0.2, 0.25) is 0 Å². The molecular weight excluding hydrogens is 539 g/mol. The van der Waals surface area contributed by atoms with Crippen molar-refractivity contribution in [2.75, 3.05) is 6.61 Å². The van der Waals surface area contributed by atoms with Gasteiger partial charge in [-0.2, -0.15) is 0 Å². The second-order valence-electron chi connectivity index (χ2n) is 9.36. The van der Waals surface area contributed by atoms with Gasteiger partial charge in [0.1, 0.15) is 11.7 Å². The molecule has 0 unspecified atom stereocenters. The smallest absolute Gasteiger partial charge is 0.334 e. The third-order valence-corrected chi connectivity index (χ3v) is 13.0. The van der Waals surface area contributed by atoms with Gasteiger partial charge in [-0.25, -0.2) is 4.79 Å². The van der Waals surface area contributed by atoms with Gasteiger partial charge in [0.05, 0.1) is 14.7 Å². The Morgan fingerprint density at radius 1 is 0.879 bits per heavy atom. The minimum Gasteiger partial charge on any atom is -0.456 e. The van der Waals surface area contributed by atoms with Crippen LogP contribution in [0.15, 0.2) is 99.8 Å². The molecular formula is C28H29IO3Si. The first-order chi connectivity index (χ1) is 15.8. The van der Waals surface area contributed by atoms with E-state index in [4.69, 9.17) is 9.47 Å².